The van der Waals surface area contributed by atoms with Crippen molar-refractivity contribution in [3.63, 3.8) is 0 Å². The average Bonchev–Trinajstić information content (AvgIpc) is 3.10. The number of aliphatic hydroxyl groups excluding tert-OH is 2. The van der Waals surface area contributed by atoms with E-state index in [1.807, 2.05) is 13.8 Å². The Labute approximate surface area is 337 Å². The van der Waals surface area contributed by atoms with E-state index in [1.165, 1.54) is 14.0 Å². The molecule has 0 radical (unpaired) electrons. The van der Waals surface area contributed by atoms with Crippen LogP contribution in [0.3, 0.4) is 0 Å². The molecule has 16 atom stereocenters. The number of allylic oxidation sites excluding steroid dienone is 2. The van der Waals surface area contributed by atoms with E-state index in [-0.39, 0.29) is 25.7 Å². The Kier molecular flexibility index (Phi) is 19.2. The number of carbonyl (C=O) groups is 4. The third-order valence-corrected chi connectivity index (χ3v) is 10.8. The highest BCUT2D eigenvalue weighted by atomic mass is 16.7. The number of rotatable bonds is 12. The molecule has 2 saturated heterocycles. The van der Waals surface area contributed by atoms with Gasteiger partial charge in [-0.2, -0.15) is 0 Å². The first-order chi connectivity index (χ1) is 26.8. The molecule has 0 saturated carbocycles. The number of esters is 3. The molecule has 2 fully saturated rings. The standard InChI is InChI=1S/C41H67NO15/c1-11-15-31(46)55-39-26(5)52-33(22-41(39,7)49)56-36-25(4)53-40(35(48)34(36)42(8)9)57-37-28(18-19-43)20-23(2)29(45)17-14-12-13-16-24(3)51-32(47)21-30(38(37)50-10)54-27(6)44/h12-14,17,19,23-26,28-30,33-40,45,48-49H,11,15-16,18,20-22H2,1-10H3. The maximum absolute atomic E-state index is 13.2. The van der Waals surface area contributed by atoms with Crippen LogP contribution >= 0.6 is 0 Å². The molecule has 0 aromatic heterocycles. The molecule has 16 heteroatoms. The van der Waals surface area contributed by atoms with Crippen LogP contribution in [0.15, 0.2) is 24.3 Å². The van der Waals surface area contributed by atoms with Gasteiger partial charge in [0.15, 0.2) is 18.7 Å². The second-order valence-electron chi connectivity index (χ2n) is 16.1. The largest absolute Gasteiger partial charge is 0.462 e. The molecule has 57 heavy (non-hydrogen) atoms. The van der Waals surface area contributed by atoms with Crippen molar-refractivity contribution >= 4 is 24.2 Å². The predicted molar refractivity (Wildman–Crippen MR) is 205 cm³/mol. The van der Waals surface area contributed by atoms with Gasteiger partial charge in [0.05, 0.1) is 36.9 Å². The van der Waals surface area contributed by atoms with E-state index in [1.54, 1.807) is 71.0 Å². The number of carbonyl (C=O) groups excluding carboxylic acids is 4. The van der Waals surface area contributed by atoms with E-state index in [2.05, 4.69) is 0 Å². The number of nitrogens with zero attached hydrogens (tertiary/aromatic N) is 1. The second-order valence-corrected chi connectivity index (χ2v) is 16.1. The molecule has 0 aromatic carbocycles. The molecular weight excluding hydrogens is 746 g/mol. The first kappa shape index (κ1) is 48.6. The van der Waals surface area contributed by atoms with Gasteiger partial charge in [-0.1, -0.05) is 38.2 Å². The molecule has 0 aromatic rings. The lowest BCUT2D eigenvalue weighted by Gasteiger charge is -2.50. The predicted octanol–water partition coefficient (Wildman–Crippen LogP) is 2.77. The van der Waals surface area contributed by atoms with Crippen LogP contribution in [-0.2, 0) is 57.1 Å². The monoisotopic (exact) mass is 813 g/mol. The Morgan fingerprint density at radius 2 is 1.72 bits per heavy atom. The van der Waals surface area contributed by atoms with Crippen molar-refractivity contribution in [1.82, 2.24) is 4.90 Å². The number of aliphatic hydroxyl groups is 3. The number of aldehydes is 1. The summed E-state index contributed by atoms with van der Waals surface area (Å²) in [6, 6.07) is -0.779. The summed E-state index contributed by atoms with van der Waals surface area (Å²) in [5.41, 5.74) is -1.49. The minimum Gasteiger partial charge on any atom is -0.462 e. The van der Waals surface area contributed by atoms with Gasteiger partial charge >= 0.3 is 17.9 Å². The van der Waals surface area contributed by atoms with Gasteiger partial charge in [0.25, 0.3) is 0 Å². The van der Waals surface area contributed by atoms with Crippen LogP contribution in [0.2, 0.25) is 0 Å². The summed E-state index contributed by atoms with van der Waals surface area (Å²) < 4.78 is 48.4. The van der Waals surface area contributed by atoms with Crippen molar-refractivity contribution < 1.29 is 72.4 Å². The number of cyclic esters (lactones) is 1. The zero-order valence-electron chi connectivity index (χ0n) is 35.2. The Morgan fingerprint density at radius 3 is 2.32 bits per heavy atom. The summed E-state index contributed by atoms with van der Waals surface area (Å²) in [5.74, 6) is -2.88. The normalized spacial score (nSPS) is 40.0. The molecule has 0 spiro atoms. The summed E-state index contributed by atoms with van der Waals surface area (Å²) in [5, 5.41) is 34.5. The van der Waals surface area contributed by atoms with Crippen LogP contribution in [0.1, 0.15) is 93.4 Å². The molecule has 3 heterocycles. The van der Waals surface area contributed by atoms with Crippen molar-refractivity contribution in [2.75, 3.05) is 21.2 Å². The molecule has 0 amide bonds. The van der Waals surface area contributed by atoms with Crippen LogP contribution in [0, 0.1) is 11.8 Å². The van der Waals surface area contributed by atoms with Crippen molar-refractivity contribution in [2.45, 2.75) is 179 Å². The number of likely N-dealkylation sites (N-methyl/N-ethyl adjacent to an activating group) is 1. The molecule has 326 valence electrons. The van der Waals surface area contributed by atoms with E-state index in [0.717, 1.165) is 0 Å². The lowest BCUT2D eigenvalue weighted by Crippen LogP contribution is -2.66. The van der Waals surface area contributed by atoms with Crippen molar-refractivity contribution in [3.8, 4) is 0 Å². The maximum atomic E-state index is 13.2. The van der Waals surface area contributed by atoms with E-state index in [0.29, 0.717) is 19.1 Å². The lowest BCUT2D eigenvalue weighted by atomic mass is 9.82. The maximum Gasteiger partial charge on any atom is 0.309 e. The topological polar surface area (TPSA) is 206 Å². The molecule has 3 N–H and O–H groups in total. The Hall–Kier alpha value is -2.80. The van der Waals surface area contributed by atoms with E-state index < -0.39 is 121 Å². The lowest BCUT2D eigenvalue weighted by molar-refractivity contribution is -0.344. The van der Waals surface area contributed by atoms with Crippen molar-refractivity contribution in [3.05, 3.63) is 24.3 Å². The zero-order chi connectivity index (χ0) is 42.6. The fraction of sp³-hybridized carbons (Fsp3) is 0.805. The van der Waals surface area contributed by atoms with Gasteiger partial charge in [-0.3, -0.25) is 14.4 Å². The molecule has 16 nitrogen and oxygen atoms in total. The molecule has 3 rings (SSSR count). The number of hydrogen-bond donors (Lipinski definition) is 3. The van der Waals surface area contributed by atoms with Crippen LogP contribution in [-0.4, -0.2) is 151 Å². The van der Waals surface area contributed by atoms with Gasteiger partial charge in [0.2, 0.25) is 0 Å². The summed E-state index contributed by atoms with van der Waals surface area (Å²) in [6.07, 6.45) is -3.45. The number of hydrogen-bond acceptors (Lipinski definition) is 16. The van der Waals surface area contributed by atoms with Gasteiger partial charge < -0.3 is 62.9 Å². The molecule has 3 aliphatic heterocycles. The third kappa shape index (κ3) is 13.9. The van der Waals surface area contributed by atoms with Gasteiger partial charge in [-0.05, 0) is 66.5 Å². The first-order valence-electron chi connectivity index (χ1n) is 20.1. The highest BCUT2D eigenvalue weighted by Gasteiger charge is 2.53. The molecular formula is C41H67NO15. The number of ether oxygens (including phenoxy) is 8. The van der Waals surface area contributed by atoms with E-state index in [4.69, 9.17) is 37.9 Å². The minimum atomic E-state index is -1.49. The molecule has 16 unspecified atom stereocenters. The molecule has 0 aliphatic carbocycles. The fourth-order valence-corrected chi connectivity index (χ4v) is 7.96. The minimum absolute atomic E-state index is 0.0416. The first-order valence-corrected chi connectivity index (χ1v) is 20.1. The summed E-state index contributed by atoms with van der Waals surface area (Å²) >= 11 is 0. The van der Waals surface area contributed by atoms with Crippen molar-refractivity contribution in [1.29, 1.82) is 0 Å². The van der Waals surface area contributed by atoms with Crippen LogP contribution in [0.25, 0.3) is 0 Å². The van der Waals surface area contributed by atoms with Crippen LogP contribution in [0.5, 0.6) is 0 Å². The van der Waals surface area contributed by atoms with Gasteiger partial charge in [-0.25, -0.2) is 0 Å². The highest BCUT2D eigenvalue weighted by molar-refractivity contribution is 5.72. The van der Waals surface area contributed by atoms with E-state index in [9.17, 15) is 34.5 Å². The third-order valence-electron chi connectivity index (χ3n) is 10.8. The SMILES string of the molecule is CCCC(=O)OC1C(C)OC(OC2C(C)OC(OC3C(CC=O)CC(C)C(O)C=CC=CCC(C)OC(=O)CC(OC(C)=O)C3OC)C(O)C2N(C)C)CC1(C)O. The van der Waals surface area contributed by atoms with Gasteiger partial charge in [-0.15, -0.1) is 0 Å². The highest BCUT2D eigenvalue weighted by Crippen LogP contribution is 2.37. The second kappa shape index (κ2) is 22.5. The average molecular weight is 814 g/mol. The van der Waals surface area contributed by atoms with Crippen LogP contribution < -0.4 is 0 Å². The Balaban J connectivity index is 1.99. The van der Waals surface area contributed by atoms with Crippen molar-refractivity contribution in [2.24, 2.45) is 11.8 Å². The van der Waals surface area contributed by atoms with Gasteiger partial charge in [0, 0.05) is 39.7 Å². The zero-order valence-corrected chi connectivity index (χ0v) is 35.2. The quantitative estimate of drug-likeness (QED) is 0.147. The Bertz CT molecular complexity index is 1350. The summed E-state index contributed by atoms with van der Waals surface area (Å²) in [4.78, 5) is 52.0. The molecule has 0 bridgehead atoms. The van der Waals surface area contributed by atoms with Crippen LogP contribution in [0.4, 0.5) is 0 Å². The van der Waals surface area contributed by atoms with Gasteiger partial charge in [0.1, 0.15) is 42.4 Å². The van der Waals surface area contributed by atoms with E-state index >= 15 is 0 Å². The number of methoxy groups -OCH3 is 1. The molecule has 3 aliphatic rings. The summed E-state index contributed by atoms with van der Waals surface area (Å²) in [7, 11) is 4.85. The Morgan fingerprint density at radius 1 is 1.02 bits per heavy atom. The smallest absolute Gasteiger partial charge is 0.309 e. The fourth-order valence-electron chi connectivity index (χ4n) is 7.96. The summed E-state index contributed by atoms with van der Waals surface area (Å²) in [6.45, 7) is 11.6.